The second-order valence-electron chi connectivity index (χ2n) is 5.29. The molecule has 0 spiro atoms. The normalized spacial score (nSPS) is 19.9. The Hall–Kier alpha value is -2.49. The lowest BCUT2D eigenvalue weighted by Crippen LogP contribution is -2.24. The Kier molecular flexibility index (Phi) is 2.86. The molecule has 0 amide bonds. The van der Waals surface area contributed by atoms with Crippen LogP contribution in [-0.2, 0) is 11.8 Å². The molecule has 0 saturated carbocycles. The summed E-state index contributed by atoms with van der Waals surface area (Å²) in [6, 6.07) is 14.8. The summed E-state index contributed by atoms with van der Waals surface area (Å²) in [6.07, 6.45) is 2.75. The average molecular weight is 266 g/mol. The van der Waals surface area contributed by atoms with Crippen LogP contribution in [0.4, 0.5) is 11.4 Å². The number of non-ortho nitro benzene ring substituents is 1. The van der Waals surface area contributed by atoms with Crippen LogP contribution in [-0.4, -0.2) is 11.1 Å². The summed E-state index contributed by atoms with van der Waals surface area (Å²) in [5.74, 6) is 0. The molecule has 4 nitrogen and oxygen atoms in total. The third-order valence-electron chi connectivity index (χ3n) is 3.73. The first-order chi connectivity index (χ1) is 9.58. The summed E-state index contributed by atoms with van der Waals surface area (Å²) in [7, 11) is 0. The van der Waals surface area contributed by atoms with Crippen molar-refractivity contribution in [2.75, 3.05) is 0 Å². The molecule has 1 atom stereocenters. The number of para-hydroxylation sites is 1. The Bertz CT molecular complexity index is 692. The van der Waals surface area contributed by atoms with Crippen molar-refractivity contribution < 1.29 is 4.92 Å². The molecule has 0 bridgehead atoms. The topological polar surface area (TPSA) is 55.5 Å². The molecule has 2 aromatic carbocycles. The number of nitrogens with zero attached hydrogens (tertiary/aromatic N) is 2. The molecule has 0 aliphatic carbocycles. The van der Waals surface area contributed by atoms with Crippen LogP contribution in [0, 0.1) is 10.1 Å². The van der Waals surface area contributed by atoms with E-state index < -0.39 is 0 Å². The minimum Gasteiger partial charge on any atom is -0.260 e. The van der Waals surface area contributed by atoms with Gasteiger partial charge in [0.2, 0.25) is 0 Å². The zero-order valence-electron chi connectivity index (χ0n) is 11.1. The molecule has 1 heterocycles. The molecule has 0 radical (unpaired) electrons. The fourth-order valence-electron chi connectivity index (χ4n) is 2.65. The van der Waals surface area contributed by atoms with E-state index in [0.717, 1.165) is 17.7 Å². The minimum atomic E-state index is -0.377. The summed E-state index contributed by atoms with van der Waals surface area (Å²) in [6.45, 7) is 2.14. The molecule has 20 heavy (non-hydrogen) atoms. The highest BCUT2D eigenvalue weighted by atomic mass is 16.6. The monoisotopic (exact) mass is 266 g/mol. The molecule has 0 saturated heterocycles. The van der Waals surface area contributed by atoms with Crippen LogP contribution in [0.5, 0.6) is 0 Å². The van der Waals surface area contributed by atoms with E-state index in [1.54, 1.807) is 12.1 Å². The van der Waals surface area contributed by atoms with Crippen molar-refractivity contribution in [1.29, 1.82) is 0 Å². The molecular formula is C16H14N2O2. The number of fused-ring (bicyclic) bond motifs is 1. The predicted octanol–water partition coefficient (Wildman–Crippen LogP) is 3.81. The summed E-state index contributed by atoms with van der Waals surface area (Å²) in [5, 5.41) is 10.7. The van der Waals surface area contributed by atoms with E-state index >= 15 is 0 Å². The van der Waals surface area contributed by atoms with Gasteiger partial charge in [-0.1, -0.05) is 37.3 Å². The van der Waals surface area contributed by atoms with Crippen molar-refractivity contribution in [2.24, 2.45) is 4.99 Å². The average Bonchev–Trinajstić information content (AvgIpc) is 2.78. The van der Waals surface area contributed by atoms with Gasteiger partial charge in [0.15, 0.2) is 0 Å². The minimum absolute atomic E-state index is 0.124. The third kappa shape index (κ3) is 2.09. The summed E-state index contributed by atoms with van der Waals surface area (Å²) in [4.78, 5) is 14.8. The highest BCUT2D eigenvalue weighted by molar-refractivity contribution is 5.85. The van der Waals surface area contributed by atoms with Crippen molar-refractivity contribution in [3.63, 3.8) is 0 Å². The fourth-order valence-corrected chi connectivity index (χ4v) is 2.65. The lowest BCUT2D eigenvalue weighted by atomic mass is 9.79. The van der Waals surface area contributed by atoms with Crippen LogP contribution in [0.1, 0.15) is 18.1 Å². The second kappa shape index (κ2) is 4.56. The van der Waals surface area contributed by atoms with E-state index in [9.17, 15) is 10.1 Å². The molecule has 3 rings (SSSR count). The maximum Gasteiger partial charge on any atom is 0.269 e. The highest BCUT2D eigenvalue weighted by Gasteiger charge is 2.31. The Morgan fingerprint density at radius 1 is 1.15 bits per heavy atom. The van der Waals surface area contributed by atoms with Crippen molar-refractivity contribution in [3.8, 4) is 0 Å². The number of hydrogen-bond acceptors (Lipinski definition) is 3. The number of nitro groups is 1. The molecular weight excluding hydrogens is 252 g/mol. The summed E-state index contributed by atoms with van der Waals surface area (Å²) in [5.41, 5.74) is 3.27. The van der Waals surface area contributed by atoms with Gasteiger partial charge in [0.25, 0.3) is 5.69 Å². The number of nitro benzene ring substituents is 1. The largest absolute Gasteiger partial charge is 0.269 e. The van der Waals surface area contributed by atoms with Gasteiger partial charge in [0, 0.05) is 23.8 Å². The van der Waals surface area contributed by atoms with Crippen molar-refractivity contribution in [1.82, 2.24) is 0 Å². The van der Waals surface area contributed by atoms with Crippen molar-refractivity contribution >= 4 is 17.6 Å². The Morgan fingerprint density at radius 2 is 1.85 bits per heavy atom. The van der Waals surface area contributed by atoms with Gasteiger partial charge in [-0.25, -0.2) is 0 Å². The van der Waals surface area contributed by atoms with E-state index in [1.807, 2.05) is 36.5 Å². The molecule has 1 aliphatic heterocycles. The smallest absolute Gasteiger partial charge is 0.260 e. The van der Waals surface area contributed by atoms with Crippen molar-refractivity contribution in [2.45, 2.75) is 18.8 Å². The highest BCUT2D eigenvalue weighted by Crippen LogP contribution is 2.38. The van der Waals surface area contributed by atoms with Gasteiger partial charge in [0.1, 0.15) is 0 Å². The molecule has 1 aliphatic rings. The predicted molar refractivity (Wildman–Crippen MR) is 78.7 cm³/mol. The number of benzene rings is 2. The molecule has 0 aromatic heterocycles. The Labute approximate surface area is 116 Å². The molecule has 4 heteroatoms. The van der Waals surface area contributed by atoms with Gasteiger partial charge in [0.05, 0.1) is 10.6 Å². The summed E-state index contributed by atoms with van der Waals surface area (Å²) < 4.78 is 0. The molecule has 100 valence electrons. The maximum absolute atomic E-state index is 10.7. The van der Waals surface area contributed by atoms with Crippen LogP contribution in [0.25, 0.3) is 0 Å². The van der Waals surface area contributed by atoms with Crippen LogP contribution >= 0.6 is 0 Å². The summed E-state index contributed by atoms with van der Waals surface area (Å²) >= 11 is 0. The van der Waals surface area contributed by atoms with Crippen LogP contribution < -0.4 is 0 Å². The quantitative estimate of drug-likeness (QED) is 0.626. The van der Waals surface area contributed by atoms with Crippen LogP contribution in [0.15, 0.2) is 53.5 Å². The van der Waals surface area contributed by atoms with Gasteiger partial charge < -0.3 is 0 Å². The van der Waals surface area contributed by atoms with E-state index in [4.69, 9.17) is 0 Å². The zero-order chi connectivity index (χ0) is 14.2. The van der Waals surface area contributed by atoms with E-state index in [0.29, 0.717) is 0 Å². The van der Waals surface area contributed by atoms with E-state index in [-0.39, 0.29) is 16.0 Å². The number of aliphatic imine (C=N–C) groups is 1. The first kappa shape index (κ1) is 12.5. The third-order valence-corrected chi connectivity index (χ3v) is 3.73. The Balaban J connectivity index is 1.88. The number of rotatable bonds is 3. The maximum atomic E-state index is 10.7. The van der Waals surface area contributed by atoms with Gasteiger partial charge >= 0.3 is 0 Å². The Morgan fingerprint density at radius 3 is 2.55 bits per heavy atom. The van der Waals surface area contributed by atoms with E-state index in [2.05, 4.69) is 18.0 Å². The standard InChI is InChI=1S/C16H14N2O2/c1-16(11-17-15-5-3-2-4-14(15)16)10-12-6-8-13(9-7-12)18(19)20/h2-9,11H,10H2,1H3. The van der Waals surface area contributed by atoms with Crippen molar-refractivity contribution in [3.05, 3.63) is 69.8 Å². The molecule has 2 aromatic rings. The number of hydrogen-bond donors (Lipinski definition) is 0. The zero-order valence-corrected chi connectivity index (χ0v) is 11.1. The van der Waals surface area contributed by atoms with Gasteiger partial charge in [-0.15, -0.1) is 0 Å². The molecule has 0 fully saturated rings. The van der Waals surface area contributed by atoms with Crippen LogP contribution in [0.3, 0.4) is 0 Å². The molecule has 1 unspecified atom stereocenters. The molecule has 0 N–H and O–H groups in total. The SMILES string of the molecule is CC1(Cc2ccc([N+](=O)[O-])cc2)C=Nc2ccccc21. The fraction of sp³-hybridized carbons (Fsp3) is 0.188. The first-order valence-electron chi connectivity index (χ1n) is 6.47. The van der Waals surface area contributed by atoms with Gasteiger partial charge in [-0.05, 0) is 23.6 Å². The lowest BCUT2D eigenvalue weighted by molar-refractivity contribution is -0.384. The van der Waals surface area contributed by atoms with Gasteiger partial charge in [-0.3, -0.25) is 15.1 Å². The second-order valence-corrected chi connectivity index (χ2v) is 5.29. The van der Waals surface area contributed by atoms with Gasteiger partial charge in [-0.2, -0.15) is 0 Å². The first-order valence-corrected chi connectivity index (χ1v) is 6.47. The van der Waals surface area contributed by atoms with E-state index in [1.165, 1.54) is 5.56 Å². The lowest BCUT2D eigenvalue weighted by Gasteiger charge is -2.22. The van der Waals surface area contributed by atoms with Crippen LogP contribution in [0.2, 0.25) is 0 Å².